The van der Waals surface area contributed by atoms with E-state index in [-0.39, 0.29) is 18.2 Å². The fourth-order valence-corrected chi connectivity index (χ4v) is 3.48. The summed E-state index contributed by atoms with van der Waals surface area (Å²) in [7, 11) is 0. The summed E-state index contributed by atoms with van der Waals surface area (Å²) in [5.74, 6) is 0.603. The van der Waals surface area contributed by atoms with Crippen molar-refractivity contribution in [2.24, 2.45) is 0 Å². The summed E-state index contributed by atoms with van der Waals surface area (Å²) in [6.07, 6.45) is 1.72. The van der Waals surface area contributed by atoms with E-state index in [1.165, 1.54) is 10.5 Å². The lowest BCUT2D eigenvalue weighted by Crippen LogP contribution is -2.20. The predicted molar refractivity (Wildman–Crippen MR) is 130 cm³/mol. The molecular formula is C26H26N4O3. The quantitative estimate of drug-likeness (QED) is 0.448. The molecule has 4 aromatic rings. The molecule has 4 rings (SSSR count). The number of pyridine rings is 1. The van der Waals surface area contributed by atoms with Crippen LogP contribution in [0.1, 0.15) is 27.9 Å². The Labute approximate surface area is 192 Å². The van der Waals surface area contributed by atoms with Crippen LogP contribution < -0.4 is 20.9 Å². The lowest BCUT2D eigenvalue weighted by atomic mass is 10.1. The van der Waals surface area contributed by atoms with E-state index >= 15 is 0 Å². The average molecular weight is 443 g/mol. The maximum atomic E-state index is 12.5. The van der Waals surface area contributed by atoms with Crippen LogP contribution in [0.2, 0.25) is 0 Å². The number of anilines is 2. The highest BCUT2D eigenvalue weighted by molar-refractivity contribution is 6.00. The van der Waals surface area contributed by atoms with Crippen molar-refractivity contribution < 1.29 is 9.53 Å². The monoisotopic (exact) mass is 442 g/mol. The van der Waals surface area contributed by atoms with Crippen LogP contribution in [0.5, 0.6) is 5.75 Å². The Morgan fingerprint density at radius 2 is 1.79 bits per heavy atom. The third-order valence-electron chi connectivity index (χ3n) is 5.55. The lowest BCUT2D eigenvalue weighted by molar-refractivity contribution is 0.262. The number of carbonyl (C=O) groups excluding carboxylic acids is 1. The molecule has 2 N–H and O–H groups in total. The van der Waals surface area contributed by atoms with Crippen LogP contribution in [0.15, 0.2) is 65.6 Å². The first-order chi connectivity index (χ1) is 15.8. The van der Waals surface area contributed by atoms with Gasteiger partial charge in [0.2, 0.25) is 0 Å². The van der Waals surface area contributed by atoms with Gasteiger partial charge in [-0.15, -0.1) is 0 Å². The Morgan fingerprint density at radius 1 is 0.970 bits per heavy atom. The molecule has 0 saturated heterocycles. The maximum absolute atomic E-state index is 12.5. The molecule has 0 radical (unpaired) electrons. The third kappa shape index (κ3) is 5.03. The van der Waals surface area contributed by atoms with Crippen molar-refractivity contribution in [1.29, 1.82) is 0 Å². The highest BCUT2D eigenvalue weighted by Gasteiger charge is 2.09. The van der Waals surface area contributed by atoms with Crippen molar-refractivity contribution in [3.63, 3.8) is 0 Å². The summed E-state index contributed by atoms with van der Waals surface area (Å²) in [6.45, 7) is 7.98. The van der Waals surface area contributed by atoms with Crippen molar-refractivity contribution in [2.75, 3.05) is 10.6 Å². The third-order valence-corrected chi connectivity index (χ3v) is 5.55. The van der Waals surface area contributed by atoms with Crippen LogP contribution in [0, 0.1) is 27.7 Å². The molecule has 0 saturated carbocycles. The van der Waals surface area contributed by atoms with Crippen LogP contribution in [0.25, 0.3) is 5.65 Å². The molecule has 2 aromatic heterocycles. The van der Waals surface area contributed by atoms with E-state index in [0.717, 1.165) is 27.9 Å². The molecule has 168 valence electrons. The van der Waals surface area contributed by atoms with Gasteiger partial charge in [-0.1, -0.05) is 18.2 Å². The molecule has 0 aliphatic rings. The van der Waals surface area contributed by atoms with Crippen LogP contribution in [0.3, 0.4) is 0 Å². The number of carbonyl (C=O) groups is 1. The number of fused-ring (bicyclic) bond motifs is 1. The van der Waals surface area contributed by atoms with Crippen LogP contribution in [0.4, 0.5) is 16.2 Å². The summed E-state index contributed by atoms with van der Waals surface area (Å²) in [4.78, 5) is 29.4. The molecule has 33 heavy (non-hydrogen) atoms. The van der Waals surface area contributed by atoms with Crippen LogP contribution in [-0.4, -0.2) is 15.4 Å². The van der Waals surface area contributed by atoms with Gasteiger partial charge in [-0.3, -0.25) is 9.20 Å². The smallest absolute Gasteiger partial charge is 0.323 e. The van der Waals surface area contributed by atoms with E-state index in [2.05, 4.69) is 15.6 Å². The molecule has 0 spiro atoms. The van der Waals surface area contributed by atoms with Gasteiger partial charge in [0.25, 0.3) is 5.56 Å². The van der Waals surface area contributed by atoms with Gasteiger partial charge in [-0.05, 0) is 74.2 Å². The molecule has 2 heterocycles. The Balaban J connectivity index is 1.47. The van der Waals surface area contributed by atoms with E-state index in [1.54, 1.807) is 12.3 Å². The maximum Gasteiger partial charge on any atom is 0.323 e. The number of nitrogens with one attached hydrogen (secondary N) is 2. The minimum Gasteiger partial charge on any atom is -0.487 e. The van der Waals surface area contributed by atoms with Crippen LogP contribution in [-0.2, 0) is 6.61 Å². The van der Waals surface area contributed by atoms with Crippen molar-refractivity contribution in [3.8, 4) is 5.75 Å². The number of aryl methyl sites for hydroxylation is 3. The Hall–Kier alpha value is -4.13. The van der Waals surface area contributed by atoms with Crippen LogP contribution >= 0.6 is 0 Å². The van der Waals surface area contributed by atoms with E-state index in [9.17, 15) is 9.59 Å². The average Bonchev–Trinajstić information content (AvgIpc) is 2.77. The molecule has 0 fully saturated rings. The SMILES string of the molecule is Cc1ccn2c(=O)cc(COc3cc(NC(=O)Nc4cccc(C)c4C)ccc3C)nc2c1. The van der Waals surface area contributed by atoms with Gasteiger partial charge >= 0.3 is 6.03 Å². The molecule has 2 aromatic carbocycles. The molecule has 2 amide bonds. The summed E-state index contributed by atoms with van der Waals surface area (Å²) in [6, 6.07) is 16.1. The van der Waals surface area contributed by atoms with Gasteiger partial charge in [-0.2, -0.15) is 0 Å². The number of nitrogens with zero attached hydrogens (tertiary/aromatic N) is 2. The number of aromatic nitrogens is 2. The van der Waals surface area contributed by atoms with E-state index < -0.39 is 0 Å². The first-order valence-corrected chi connectivity index (χ1v) is 10.7. The zero-order valence-electron chi connectivity index (χ0n) is 19.1. The molecule has 0 aliphatic carbocycles. The van der Waals surface area contributed by atoms with E-state index in [4.69, 9.17) is 4.74 Å². The predicted octanol–water partition coefficient (Wildman–Crippen LogP) is 5.15. The van der Waals surface area contributed by atoms with Crippen molar-refractivity contribution in [1.82, 2.24) is 9.38 Å². The summed E-state index contributed by atoms with van der Waals surface area (Å²) in [5, 5.41) is 5.72. The highest BCUT2D eigenvalue weighted by Crippen LogP contribution is 2.24. The molecule has 0 unspecified atom stereocenters. The standard InChI is InChI=1S/C26H26N4O3/c1-16-10-11-30-24(12-16)27-21(14-25(30)31)15-33-23-13-20(9-8-18(23)3)28-26(32)29-22-7-5-6-17(2)19(22)4/h5-14H,15H2,1-4H3,(H2,28,29,32). The Kier molecular flexibility index (Phi) is 6.13. The number of ether oxygens (including phenoxy) is 1. The van der Waals surface area contributed by atoms with Crippen molar-refractivity contribution >= 4 is 23.1 Å². The minimum atomic E-state index is -0.335. The van der Waals surface area contributed by atoms with Gasteiger partial charge in [0.05, 0.1) is 5.69 Å². The Morgan fingerprint density at radius 3 is 2.61 bits per heavy atom. The number of benzene rings is 2. The van der Waals surface area contributed by atoms with Gasteiger partial charge in [0.15, 0.2) is 0 Å². The number of hydrogen-bond acceptors (Lipinski definition) is 4. The second-order valence-electron chi connectivity index (χ2n) is 8.11. The molecule has 0 atom stereocenters. The molecular weight excluding hydrogens is 416 g/mol. The van der Waals surface area contributed by atoms with Gasteiger partial charge in [0.1, 0.15) is 18.0 Å². The lowest BCUT2D eigenvalue weighted by Gasteiger charge is -2.14. The topological polar surface area (TPSA) is 84.7 Å². The van der Waals surface area contributed by atoms with E-state index in [0.29, 0.717) is 22.8 Å². The highest BCUT2D eigenvalue weighted by atomic mass is 16.5. The van der Waals surface area contributed by atoms with Gasteiger partial charge in [0, 0.05) is 29.7 Å². The van der Waals surface area contributed by atoms with Crippen molar-refractivity contribution in [3.05, 3.63) is 99.1 Å². The molecule has 7 heteroatoms. The van der Waals surface area contributed by atoms with E-state index in [1.807, 2.05) is 70.2 Å². The zero-order valence-corrected chi connectivity index (χ0v) is 19.1. The van der Waals surface area contributed by atoms with Crippen molar-refractivity contribution in [2.45, 2.75) is 34.3 Å². The normalized spacial score (nSPS) is 10.8. The first-order valence-electron chi connectivity index (χ1n) is 10.7. The fourth-order valence-electron chi connectivity index (χ4n) is 3.48. The first kappa shape index (κ1) is 22.1. The minimum absolute atomic E-state index is 0.138. The summed E-state index contributed by atoms with van der Waals surface area (Å²) in [5.41, 5.74) is 6.38. The van der Waals surface area contributed by atoms with Gasteiger partial charge in [-0.25, -0.2) is 9.78 Å². The second-order valence-corrected chi connectivity index (χ2v) is 8.11. The summed E-state index contributed by atoms with van der Waals surface area (Å²) >= 11 is 0. The summed E-state index contributed by atoms with van der Waals surface area (Å²) < 4.78 is 7.45. The molecule has 0 aliphatic heterocycles. The number of hydrogen-bond donors (Lipinski definition) is 2. The molecule has 0 bridgehead atoms. The Bertz CT molecular complexity index is 1410. The largest absolute Gasteiger partial charge is 0.487 e. The zero-order chi connectivity index (χ0) is 23.5. The second kappa shape index (κ2) is 9.16. The molecule has 7 nitrogen and oxygen atoms in total. The number of amides is 2. The number of rotatable bonds is 5. The fraction of sp³-hybridized carbons (Fsp3) is 0.192. The van der Waals surface area contributed by atoms with Gasteiger partial charge < -0.3 is 15.4 Å². The number of urea groups is 1.